The standard InChI is InChI=1S/C12H13F3O3/c1-2-17-11(16)8-7-9-5-3-4-6-10(9)18-12(13,14)15/h3-6H,2,7-8H2,1H3. The number of benzene rings is 1. The molecule has 1 aromatic rings. The van der Waals surface area contributed by atoms with Crippen molar-refractivity contribution >= 4 is 5.97 Å². The van der Waals surface area contributed by atoms with Crippen molar-refractivity contribution in [3.63, 3.8) is 0 Å². The zero-order valence-corrected chi connectivity index (χ0v) is 9.79. The number of carbonyl (C=O) groups is 1. The van der Waals surface area contributed by atoms with Crippen molar-refractivity contribution in [3.8, 4) is 5.75 Å². The number of hydrogen-bond acceptors (Lipinski definition) is 3. The normalized spacial score (nSPS) is 11.1. The molecule has 0 unspecified atom stereocenters. The van der Waals surface area contributed by atoms with Gasteiger partial charge in [0.25, 0.3) is 0 Å². The molecule has 0 saturated heterocycles. The van der Waals surface area contributed by atoms with Gasteiger partial charge in [-0.3, -0.25) is 4.79 Å². The molecule has 1 aromatic carbocycles. The van der Waals surface area contributed by atoms with Crippen LogP contribution in [0.3, 0.4) is 0 Å². The van der Waals surface area contributed by atoms with Gasteiger partial charge >= 0.3 is 12.3 Å². The number of rotatable bonds is 5. The van der Waals surface area contributed by atoms with Crippen molar-refractivity contribution in [3.05, 3.63) is 29.8 Å². The molecule has 1 rings (SSSR count). The monoisotopic (exact) mass is 262 g/mol. The molecule has 0 heterocycles. The maximum absolute atomic E-state index is 12.1. The second kappa shape index (κ2) is 6.28. The predicted molar refractivity (Wildman–Crippen MR) is 58.1 cm³/mol. The number of esters is 1. The summed E-state index contributed by atoms with van der Waals surface area (Å²) in [5, 5.41) is 0. The minimum Gasteiger partial charge on any atom is -0.466 e. The molecule has 0 saturated carbocycles. The Bertz CT molecular complexity index is 402. The number of aryl methyl sites for hydroxylation is 1. The van der Waals surface area contributed by atoms with Crippen molar-refractivity contribution in [2.75, 3.05) is 6.61 Å². The number of ether oxygens (including phenoxy) is 2. The van der Waals surface area contributed by atoms with E-state index in [4.69, 9.17) is 4.74 Å². The van der Waals surface area contributed by atoms with Crippen molar-refractivity contribution in [1.29, 1.82) is 0 Å². The summed E-state index contributed by atoms with van der Waals surface area (Å²) in [6, 6.07) is 5.73. The average Bonchev–Trinajstić information content (AvgIpc) is 2.26. The van der Waals surface area contributed by atoms with Crippen LogP contribution >= 0.6 is 0 Å². The van der Waals surface area contributed by atoms with E-state index in [1.54, 1.807) is 13.0 Å². The van der Waals surface area contributed by atoms with Gasteiger partial charge in [-0.05, 0) is 25.0 Å². The quantitative estimate of drug-likeness (QED) is 0.765. The molecule has 18 heavy (non-hydrogen) atoms. The first-order valence-corrected chi connectivity index (χ1v) is 5.41. The average molecular weight is 262 g/mol. The molecule has 0 aliphatic rings. The maximum atomic E-state index is 12.1. The summed E-state index contributed by atoms with van der Waals surface area (Å²) in [4.78, 5) is 11.1. The summed E-state index contributed by atoms with van der Waals surface area (Å²) in [6.07, 6.45) is -4.57. The van der Waals surface area contributed by atoms with E-state index in [0.717, 1.165) is 0 Å². The first kappa shape index (κ1) is 14.3. The summed E-state index contributed by atoms with van der Waals surface area (Å²) in [6.45, 7) is 1.91. The molecule has 3 nitrogen and oxygen atoms in total. The van der Waals surface area contributed by atoms with Crippen LogP contribution in [-0.2, 0) is 16.0 Å². The Morgan fingerprint density at radius 1 is 1.28 bits per heavy atom. The third-order valence-corrected chi connectivity index (χ3v) is 2.10. The second-order valence-corrected chi connectivity index (χ2v) is 3.46. The Labute approximate surface area is 103 Å². The van der Waals surface area contributed by atoms with Crippen LogP contribution in [0.5, 0.6) is 5.75 Å². The van der Waals surface area contributed by atoms with E-state index in [-0.39, 0.29) is 25.2 Å². The Hall–Kier alpha value is -1.72. The van der Waals surface area contributed by atoms with Crippen LogP contribution in [0.4, 0.5) is 13.2 Å². The van der Waals surface area contributed by atoms with Crippen LogP contribution in [0.2, 0.25) is 0 Å². The van der Waals surface area contributed by atoms with Crippen LogP contribution in [0.15, 0.2) is 24.3 Å². The van der Waals surface area contributed by atoms with Crippen LogP contribution < -0.4 is 4.74 Å². The van der Waals surface area contributed by atoms with Gasteiger partial charge in [0, 0.05) is 6.42 Å². The Morgan fingerprint density at radius 2 is 1.94 bits per heavy atom. The summed E-state index contributed by atoms with van der Waals surface area (Å²) in [5.74, 6) is -0.728. The second-order valence-electron chi connectivity index (χ2n) is 3.46. The van der Waals surface area contributed by atoms with Gasteiger partial charge in [0.05, 0.1) is 6.61 Å². The molecule has 0 fully saturated rings. The lowest BCUT2D eigenvalue weighted by Gasteiger charge is -2.12. The third-order valence-electron chi connectivity index (χ3n) is 2.10. The van der Waals surface area contributed by atoms with E-state index < -0.39 is 12.3 Å². The molecule has 0 aliphatic heterocycles. The lowest BCUT2D eigenvalue weighted by Crippen LogP contribution is -2.18. The number of hydrogen-bond donors (Lipinski definition) is 0. The van der Waals surface area contributed by atoms with E-state index in [1.807, 2.05) is 0 Å². The minimum absolute atomic E-state index is 0.0199. The van der Waals surface area contributed by atoms with Crippen LogP contribution in [0.1, 0.15) is 18.9 Å². The van der Waals surface area contributed by atoms with Gasteiger partial charge in [0.2, 0.25) is 0 Å². The predicted octanol–water partition coefficient (Wildman–Crippen LogP) is 3.08. The summed E-state index contributed by atoms with van der Waals surface area (Å²) < 4.78 is 45.0. The van der Waals surface area contributed by atoms with Gasteiger partial charge in [-0.1, -0.05) is 18.2 Å². The Kier molecular flexibility index (Phi) is 5.00. The lowest BCUT2D eigenvalue weighted by atomic mass is 10.1. The highest BCUT2D eigenvalue weighted by atomic mass is 19.4. The molecule has 0 aliphatic carbocycles. The van der Waals surface area contributed by atoms with Gasteiger partial charge in [-0.2, -0.15) is 0 Å². The third kappa shape index (κ3) is 5.07. The van der Waals surface area contributed by atoms with Crippen molar-refractivity contribution in [2.45, 2.75) is 26.1 Å². The molecule has 0 atom stereocenters. The topological polar surface area (TPSA) is 35.5 Å². The first-order valence-electron chi connectivity index (χ1n) is 5.41. The molecule has 0 bridgehead atoms. The molecule has 0 amide bonds. The van der Waals surface area contributed by atoms with Gasteiger partial charge in [0.15, 0.2) is 0 Å². The highest BCUT2D eigenvalue weighted by Gasteiger charge is 2.31. The smallest absolute Gasteiger partial charge is 0.466 e. The van der Waals surface area contributed by atoms with E-state index in [2.05, 4.69) is 4.74 Å². The van der Waals surface area contributed by atoms with Crippen molar-refractivity contribution < 1.29 is 27.4 Å². The molecule has 0 radical (unpaired) electrons. The first-order chi connectivity index (χ1) is 8.42. The fraction of sp³-hybridized carbons (Fsp3) is 0.417. The highest BCUT2D eigenvalue weighted by molar-refractivity contribution is 5.69. The zero-order chi connectivity index (χ0) is 13.6. The maximum Gasteiger partial charge on any atom is 0.573 e. The SMILES string of the molecule is CCOC(=O)CCc1ccccc1OC(F)(F)F. The van der Waals surface area contributed by atoms with Gasteiger partial charge in [-0.25, -0.2) is 0 Å². The van der Waals surface area contributed by atoms with Gasteiger partial charge < -0.3 is 9.47 Å². The molecule has 0 spiro atoms. The fourth-order valence-electron chi connectivity index (χ4n) is 1.40. The van der Waals surface area contributed by atoms with Crippen LogP contribution in [-0.4, -0.2) is 18.9 Å². The molecule has 6 heteroatoms. The Morgan fingerprint density at radius 3 is 2.56 bits per heavy atom. The highest BCUT2D eigenvalue weighted by Crippen LogP contribution is 2.26. The zero-order valence-electron chi connectivity index (χ0n) is 9.79. The van der Waals surface area contributed by atoms with E-state index >= 15 is 0 Å². The summed E-state index contributed by atoms with van der Waals surface area (Å²) >= 11 is 0. The molecular weight excluding hydrogens is 249 g/mol. The van der Waals surface area contributed by atoms with Gasteiger partial charge in [-0.15, -0.1) is 13.2 Å². The molecule has 0 N–H and O–H groups in total. The van der Waals surface area contributed by atoms with Crippen LogP contribution in [0.25, 0.3) is 0 Å². The summed E-state index contributed by atoms with van der Waals surface area (Å²) in [5.41, 5.74) is 0.322. The van der Waals surface area contributed by atoms with E-state index in [9.17, 15) is 18.0 Å². The number of para-hydroxylation sites is 1. The molecule has 0 aromatic heterocycles. The Balaban J connectivity index is 2.67. The van der Waals surface area contributed by atoms with E-state index in [0.29, 0.717) is 5.56 Å². The van der Waals surface area contributed by atoms with Crippen molar-refractivity contribution in [2.24, 2.45) is 0 Å². The molecule has 100 valence electrons. The summed E-state index contributed by atoms with van der Waals surface area (Å²) in [7, 11) is 0. The van der Waals surface area contributed by atoms with Gasteiger partial charge in [0.1, 0.15) is 5.75 Å². The molecular formula is C12H13F3O3. The van der Waals surface area contributed by atoms with Crippen molar-refractivity contribution in [1.82, 2.24) is 0 Å². The lowest BCUT2D eigenvalue weighted by molar-refractivity contribution is -0.274. The van der Waals surface area contributed by atoms with Crippen LogP contribution in [0, 0.1) is 0 Å². The largest absolute Gasteiger partial charge is 0.573 e. The number of carbonyl (C=O) groups excluding carboxylic acids is 1. The minimum atomic E-state index is -4.74. The number of halogens is 3. The number of alkyl halides is 3. The fourth-order valence-corrected chi connectivity index (χ4v) is 1.40. The van der Waals surface area contributed by atoms with E-state index in [1.165, 1.54) is 18.2 Å².